The first-order valence-corrected chi connectivity index (χ1v) is 7.64. The maximum Gasteiger partial charge on any atom is 0.234 e. The quantitative estimate of drug-likeness (QED) is 0.630. The molecule has 0 atom stereocenters. The molecule has 0 aliphatic heterocycles. The molecule has 0 radical (unpaired) electrons. The lowest BCUT2D eigenvalue weighted by atomic mass is 9.88. The molecule has 0 heterocycles. The highest BCUT2D eigenvalue weighted by atomic mass is 16.2. The van der Waals surface area contributed by atoms with Crippen molar-refractivity contribution in [3.63, 3.8) is 0 Å². The number of nitrogens with one attached hydrogen (secondary N) is 2. The summed E-state index contributed by atoms with van der Waals surface area (Å²) in [6, 6.07) is 0.394. The van der Waals surface area contributed by atoms with Crippen molar-refractivity contribution < 1.29 is 9.90 Å². The van der Waals surface area contributed by atoms with Crippen LogP contribution in [0.5, 0.6) is 0 Å². The van der Waals surface area contributed by atoms with Gasteiger partial charge >= 0.3 is 0 Å². The molecule has 19 heavy (non-hydrogen) atoms. The number of aliphatic hydroxyl groups excluding tert-OH is 1. The molecular formula is C15H30N2O2. The molecule has 0 aromatic rings. The van der Waals surface area contributed by atoms with E-state index in [-0.39, 0.29) is 17.9 Å². The number of hydrogen-bond acceptors (Lipinski definition) is 3. The molecule has 3 N–H and O–H groups in total. The van der Waals surface area contributed by atoms with Crippen molar-refractivity contribution in [3.05, 3.63) is 0 Å². The molecule has 0 spiro atoms. The Balaban J connectivity index is 2.12. The molecule has 1 amide bonds. The van der Waals surface area contributed by atoms with E-state index in [0.29, 0.717) is 12.6 Å². The summed E-state index contributed by atoms with van der Waals surface area (Å²) in [5.74, 6) is 0.116. The maximum absolute atomic E-state index is 11.8. The third-order valence-electron chi connectivity index (χ3n) is 3.87. The molecule has 0 aromatic carbocycles. The number of hydrogen-bond donors (Lipinski definition) is 3. The van der Waals surface area contributed by atoms with Gasteiger partial charge < -0.3 is 15.7 Å². The predicted molar refractivity (Wildman–Crippen MR) is 78.0 cm³/mol. The molecular weight excluding hydrogens is 240 g/mol. The smallest absolute Gasteiger partial charge is 0.234 e. The van der Waals surface area contributed by atoms with Crippen LogP contribution in [0.4, 0.5) is 0 Å². The largest absolute Gasteiger partial charge is 0.396 e. The van der Waals surface area contributed by atoms with E-state index in [1.54, 1.807) is 0 Å². The van der Waals surface area contributed by atoms with Gasteiger partial charge in [-0.2, -0.15) is 0 Å². The normalized spacial score (nSPS) is 17.4. The van der Waals surface area contributed by atoms with Crippen molar-refractivity contribution >= 4 is 5.91 Å². The van der Waals surface area contributed by atoms with Gasteiger partial charge in [0.1, 0.15) is 0 Å². The minimum Gasteiger partial charge on any atom is -0.396 e. The van der Waals surface area contributed by atoms with Gasteiger partial charge in [-0.05, 0) is 31.1 Å². The van der Waals surface area contributed by atoms with Crippen LogP contribution < -0.4 is 10.6 Å². The van der Waals surface area contributed by atoms with Crippen LogP contribution >= 0.6 is 0 Å². The van der Waals surface area contributed by atoms with Gasteiger partial charge in [-0.25, -0.2) is 0 Å². The highest BCUT2D eigenvalue weighted by Gasteiger charge is 2.18. The van der Waals surface area contributed by atoms with E-state index in [9.17, 15) is 4.79 Å². The summed E-state index contributed by atoms with van der Waals surface area (Å²) in [6.07, 6.45) is 7.86. The van der Waals surface area contributed by atoms with E-state index in [2.05, 4.69) is 24.5 Å². The highest BCUT2D eigenvalue weighted by Crippen LogP contribution is 2.20. The molecule has 4 nitrogen and oxygen atoms in total. The van der Waals surface area contributed by atoms with Gasteiger partial charge in [0.25, 0.3) is 0 Å². The second kappa shape index (κ2) is 8.54. The number of amides is 1. The summed E-state index contributed by atoms with van der Waals surface area (Å²) in [6.45, 7) is 5.78. The third-order valence-corrected chi connectivity index (χ3v) is 3.87. The molecule has 1 aliphatic rings. The lowest BCUT2D eigenvalue weighted by molar-refractivity contribution is -0.121. The minimum atomic E-state index is 0.116. The Morgan fingerprint density at radius 3 is 2.58 bits per heavy atom. The Kier molecular flexibility index (Phi) is 7.39. The van der Waals surface area contributed by atoms with E-state index in [1.807, 2.05) is 0 Å². The average molecular weight is 270 g/mol. The molecule has 0 bridgehead atoms. The van der Waals surface area contributed by atoms with Gasteiger partial charge in [0, 0.05) is 19.2 Å². The average Bonchev–Trinajstić information content (AvgIpc) is 2.37. The van der Waals surface area contributed by atoms with E-state index < -0.39 is 0 Å². The zero-order chi connectivity index (χ0) is 14.1. The van der Waals surface area contributed by atoms with Crippen molar-refractivity contribution in [2.24, 2.45) is 5.41 Å². The molecule has 1 rings (SSSR count). The van der Waals surface area contributed by atoms with Crippen LogP contribution in [0.25, 0.3) is 0 Å². The van der Waals surface area contributed by atoms with Crippen molar-refractivity contribution in [2.75, 3.05) is 19.7 Å². The Hall–Kier alpha value is -0.610. The Morgan fingerprint density at radius 2 is 1.95 bits per heavy atom. The lowest BCUT2D eigenvalue weighted by Crippen LogP contribution is -2.43. The van der Waals surface area contributed by atoms with Gasteiger partial charge in [0.2, 0.25) is 5.91 Å². The zero-order valence-corrected chi connectivity index (χ0v) is 12.5. The van der Waals surface area contributed by atoms with Crippen molar-refractivity contribution in [1.29, 1.82) is 0 Å². The Morgan fingerprint density at radius 1 is 1.26 bits per heavy atom. The minimum absolute atomic E-state index is 0.116. The summed E-state index contributed by atoms with van der Waals surface area (Å²) < 4.78 is 0. The fourth-order valence-electron chi connectivity index (χ4n) is 2.69. The van der Waals surface area contributed by atoms with Crippen LogP contribution in [0, 0.1) is 5.41 Å². The Bertz CT molecular complexity index is 261. The van der Waals surface area contributed by atoms with E-state index in [4.69, 9.17) is 5.11 Å². The first-order chi connectivity index (χ1) is 9.03. The summed E-state index contributed by atoms with van der Waals surface area (Å²) >= 11 is 0. The van der Waals surface area contributed by atoms with Crippen LogP contribution in [-0.2, 0) is 4.79 Å². The predicted octanol–water partition coefficient (Wildman–Crippen LogP) is 1.82. The van der Waals surface area contributed by atoms with Crippen molar-refractivity contribution in [1.82, 2.24) is 10.6 Å². The monoisotopic (exact) mass is 270 g/mol. The van der Waals surface area contributed by atoms with Gasteiger partial charge in [0.05, 0.1) is 6.54 Å². The summed E-state index contributed by atoms with van der Waals surface area (Å²) in [5, 5.41) is 15.2. The molecule has 1 aliphatic carbocycles. The SMILES string of the molecule is CC(C)(CCCO)CNCC(=O)NC1CCCCC1. The number of rotatable bonds is 8. The van der Waals surface area contributed by atoms with Gasteiger partial charge in [-0.15, -0.1) is 0 Å². The lowest BCUT2D eigenvalue weighted by Gasteiger charge is -2.26. The summed E-state index contributed by atoms with van der Waals surface area (Å²) in [7, 11) is 0. The second-order valence-corrected chi connectivity index (χ2v) is 6.50. The van der Waals surface area contributed by atoms with E-state index in [1.165, 1.54) is 19.3 Å². The molecule has 0 unspecified atom stereocenters. The molecule has 4 heteroatoms. The first-order valence-electron chi connectivity index (χ1n) is 7.64. The summed E-state index contributed by atoms with van der Waals surface area (Å²) in [5.41, 5.74) is 0.133. The number of carbonyl (C=O) groups excluding carboxylic acids is 1. The number of aliphatic hydroxyl groups is 1. The highest BCUT2D eigenvalue weighted by molar-refractivity contribution is 5.78. The van der Waals surface area contributed by atoms with E-state index in [0.717, 1.165) is 32.2 Å². The standard InChI is InChI=1S/C15H30N2O2/c1-15(2,9-6-10-18)12-16-11-14(19)17-13-7-4-3-5-8-13/h13,16,18H,3-12H2,1-2H3,(H,17,19). The zero-order valence-electron chi connectivity index (χ0n) is 12.5. The molecule has 1 saturated carbocycles. The first kappa shape index (κ1) is 16.4. The fraction of sp³-hybridized carbons (Fsp3) is 0.933. The topological polar surface area (TPSA) is 61.4 Å². The van der Waals surface area contributed by atoms with Crippen LogP contribution in [-0.4, -0.2) is 36.8 Å². The maximum atomic E-state index is 11.8. The fourth-order valence-corrected chi connectivity index (χ4v) is 2.69. The third kappa shape index (κ3) is 7.53. The second-order valence-electron chi connectivity index (χ2n) is 6.50. The molecule has 0 aromatic heterocycles. The molecule has 0 saturated heterocycles. The van der Waals surface area contributed by atoms with Crippen LogP contribution in [0.3, 0.4) is 0 Å². The Labute approximate surface area is 117 Å². The molecule has 1 fully saturated rings. The van der Waals surface area contributed by atoms with Crippen molar-refractivity contribution in [2.45, 2.75) is 64.8 Å². The van der Waals surface area contributed by atoms with Crippen LogP contribution in [0.1, 0.15) is 58.8 Å². The van der Waals surface area contributed by atoms with Crippen LogP contribution in [0.2, 0.25) is 0 Å². The van der Waals surface area contributed by atoms with E-state index >= 15 is 0 Å². The van der Waals surface area contributed by atoms with Crippen molar-refractivity contribution in [3.8, 4) is 0 Å². The van der Waals surface area contributed by atoms with Gasteiger partial charge in [-0.1, -0.05) is 33.1 Å². The molecule has 112 valence electrons. The van der Waals surface area contributed by atoms with Crippen LogP contribution in [0.15, 0.2) is 0 Å². The van der Waals surface area contributed by atoms with Gasteiger partial charge in [0.15, 0.2) is 0 Å². The van der Waals surface area contributed by atoms with Gasteiger partial charge in [-0.3, -0.25) is 4.79 Å². The summed E-state index contributed by atoms with van der Waals surface area (Å²) in [4.78, 5) is 11.8. The number of carbonyl (C=O) groups is 1.